The predicted molar refractivity (Wildman–Crippen MR) is 91.4 cm³/mol. The Balaban J connectivity index is 1.45. The number of piperidine rings is 1. The average Bonchev–Trinajstić information content (AvgIpc) is 3.20. The van der Waals surface area contributed by atoms with E-state index in [2.05, 4.69) is 49.9 Å². The van der Waals surface area contributed by atoms with Gasteiger partial charge in [-0.15, -0.1) is 0 Å². The molecular formula is C18H25N5. The van der Waals surface area contributed by atoms with Crippen LogP contribution in [-0.2, 0) is 6.54 Å². The Kier molecular flexibility index (Phi) is 3.81. The number of hydrogen-bond donors (Lipinski definition) is 1. The van der Waals surface area contributed by atoms with Crippen molar-refractivity contribution in [1.82, 2.24) is 19.9 Å². The Labute approximate surface area is 137 Å². The molecule has 2 aliphatic heterocycles. The SMILES string of the molecule is Cc1cccc(N2CCC3(CCCN3Cc3ncc[nH]3)CC2)n1. The fraction of sp³-hybridized carbons (Fsp3) is 0.556. The molecule has 0 amide bonds. The first-order valence-electron chi connectivity index (χ1n) is 8.67. The average molecular weight is 311 g/mol. The van der Waals surface area contributed by atoms with Gasteiger partial charge in [-0.1, -0.05) is 6.07 Å². The molecule has 0 aromatic carbocycles. The van der Waals surface area contributed by atoms with Crippen LogP contribution < -0.4 is 4.90 Å². The van der Waals surface area contributed by atoms with E-state index in [4.69, 9.17) is 0 Å². The number of nitrogens with one attached hydrogen (secondary N) is 1. The van der Waals surface area contributed by atoms with Gasteiger partial charge in [-0.05, 0) is 51.3 Å². The number of H-pyrrole nitrogens is 1. The van der Waals surface area contributed by atoms with Crippen molar-refractivity contribution >= 4 is 5.82 Å². The molecule has 0 bridgehead atoms. The number of imidazole rings is 1. The molecule has 0 atom stereocenters. The summed E-state index contributed by atoms with van der Waals surface area (Å²) < 4.78 is 0. The highest BCUT2D eigenvalue weighted by atomic mass is 15.3. The number of nitrogens with zero attached hydrogens (tertiary/aromatic N) is 4. The first kappa shape index (κ1) is 14.7. The third-order valence-corrected chi connectivity index (χ3v) is 5.53. The summed E-state index contributed by atoms with van der Waals surface area (Å²) in [5.74, 6) is 2.23. The molecule has 0 radical (unpaired) electrons. The van der Waals surface area contributed by atoms with E-state index < -0.39 is 0 Å². The Bertz CT molecular complexity index is 643. The smallest absolute Gasteiger partial charge is 0.128 e. The second kappa shape index (κ2) is 5.96. The molecule has 2 aliphatic rings. The zero-order chi connectivity index (χ0) is 15.7. The van der Waals surface area contributed by atoms with Crippen molar-refractivity contribution in [2.45, 2.75) is 44.7 Å². The van der Waals surface area contributed by atoms with Crippen LogP contribution in [0.25, 0.3) is 0 Å². The molecule has 2 saturated heterocycles. The van der Waals surface area contributed by atoms with E-state index >= 15 is 0 Å². The van der Waals surface area contributed by atoms with Crippen molar-refractivity contribution in [1.29, 1.82) is 0 Å². The maximum Gasteiger partial charge on any atom is 0.128 e. The molecule has 0 saturated carbocycles. The molecule has 2 fully saturated rings. The minimum Gasteiger partial charge on any atom is -0.356 e. The van der Waals surface area contributed by atoms with Crippen LogP contribution in [0.3, 0.4) is 0 Å². The van der Waals surface area contributed by atoms with Gasteiger partial charge in [-0.25, -0.2) is 9.97 Å². The fourth-order valence-electron chi connectivity index (χ4n) is 4.23. The summed E-state index contributed by atoms with van der Waals surface area (Å²) in [7, 11) is 0. The summed E-state index contributed by atoms with van der Waals surface area (Å²) in [6.07, 6.45) is 8.85. The summed E-state index contributed by atoms with van der Waals surface area (Å²) in [5.41, 5.74) is 1.47. The maximum atomic E-state index is 4.69. The predicted octanol–water partition coefficient (Wildman–Crippen LogP) is 2.75. The zero-order valence-corrected chi connectivity index (χ0v) is 13.8. The fourth-order valence-corrected chi connectivity index (χ4v) is 4.23. The van der Waals surface area contributed by atoms with E-state index in [0.29, 0.717) is 5.54 Å². The van der Waals surface area contributed by atoms with Gasteiger partial charge >= 0.3 is 0 Å². The molecule has 2 aromatic rings. The van der Waals surface area contributed by atoms with E-state index in [1.807, 2.05) is 12.4 Å². The van der Waals surface area contributed by atoms with Crippen molar-refractivity contribution in [3.63, 3.8) is 0 Å². The Morgan fingerprint density at radius 3 is 2.78 bits per heavy atom. The lowest BCUT2D eigenvalue weighted by Gasteiger charge is -2.45. The summed E-state index contributed by atoms with van der Waals surface area (Å²) in [5, 5.41) is 0. The second-order valence-corrected chi connectivity index (χ2v) is 6.91. The molecule has 23 heavy (non-hydrogen) atoms. The molecule has 0 aliphatic carbocycles. The Morgan fingerprint density at radius 2 is 2.04 bits per heavy atom. The minimum atomic E-state index is 0.368. The first-order valence-corrected chi connectivity index (χ1v) is 8.67. The van der Waals surface area contributed by atoms with Gasteiger partial charge in [-0.2, -0.15) is 0 Å². The van der Waals surface area contributed by atoms with Crippen LogP contribution in [0.4, 0.5) is 5.82 Å². The molecule has 0 unspecified atom stereocenters. The molecule has 5 nitrogen and oxygen atoms in total. The standard InChI is InChI=1S/C18H25N5/c1-15-4-2-5-17(21-15)22-12-7-18(8-13-22)6-3-11-23(18)14-16-19-9-10-20-16/h2,4-5,9-10H,3,6-8,11-14H2,1H3,(H,19,20). The minimum absolute atomic E-state index is 0.368. The van der Waals surface area contributed by atoms with E-state index in [-0.39, 0.29) is 0 Å². The van der Waals surface area contributed by atoms with Gasteiger partial charge in [0.15, 0.2) is 0 Å². The van der Waals surface area contributed by atoms with Crippen LogP contribution in [0.15, 0.2) is 30.6 Å². The lowest BCUT2D eigenvalue weighted by atomic mass is 9.85. The molecule has 1 spiro atoms. The number of rotatable bonds is 3. The number of likely N-dealkylation sites (tertiary alicyclic amines) is 1. The van der Waals surface area contributed by atoms with Gasteiger partial charge in [0.25, 0.3) is 0 Å². The van der Waals surface area contributed by atoms with Gasteiger partial charge in [0.05, 0.1) is 6.54 Å². The Morgan fingerprint density at radius 1 is 1.17 bits per heavy atom. The van der Waals surface area contributed by atoms with Gasteiger partial charge in [-0.3, -0.25) is 4.90 Å². The topological polar surface area (TPSA) is 48.0 Å². The van der Waals surface area contributed by atoms with Crippen molar-refractivity contribution in [2.24, 2.45) is 0 Å². The number of hydrogen-bond acceptors (Lipinski definition) is 4. The summed E-state index contributed by atoms with van der Waals surface area (Å²) in [6, 6.07) is 6.32. The molecular weight excluding hydrogens is 286 g/mol. The third kappa shape index (κ3) is 2.85. The van der Waals surface area contributed by atoms with Crippen LogP contribution in [0.5, 0.6) is 0 Å². The number of pyridine rings is 1. The van der Waals surface area contributed by atoms with Gasteiger partial charge in [0.1, 0.15) is 11.6 Å². The number of aromatic amines is 1. The van der Waals surface area contributed by atoms with Gasteiger partial charge in [0.2, 0.25) is 0 Å². The van der Waals surface area contributed by atoms with Crippen molar-refractivity contribution in [2.75, 3.05) is 24.5 Å². The monoisotopic (exact) mass is 311 g/mol. The van der Waals surface area contributed by atoms with E-state index in [9.17, 15) is 0 Å². The highest BCUT2D eigenvalue weighted by Gasteiger charge is 2.43. The number of aromatic nitrogens is 3. The van der Waals surface area contributed by atoms with Gasteiger partial charge in [0, 0.05) is 36.7 Å². The summed E-state index contributed by atoms with van der Waals surface area (Å²) in [6.45, 7) is 6.42. The molecule has 122 valence electrons. The normalized spacial score (nSPS) is 21.2. The summed E-state index contributed by atoms with van der Waals surface area (Å²) >= 11 is 0. The third-order valence-electron chi connectivity index (χ3n) is 5.53. The van der Waals surface area contributed by atoms with E-state index in [1.165, 1.54) is 32.2 Å². The van der Waals surface area contributed by atoms with Crippen LogP contribution in [0, 0.1) is 6.92 Å². The van der Waals surface area contributed by atoms with Crippen LogP contribution in [0.1, 0.15) is 37.2 Å². The van der Waals surface area contributed by atoms with Crippen LogP contribution in [-0.4, -0.2) is 45.0 Å². The van der Waals surface area contributed by atoms with E-state index in [0.717, 1.165) is 37.0 Å². The van der Waals surface area contributed by atoms with E-state index in [1.54, 1.807) is 0 Å². The van der Waals surface area contributed by atoms with Crippen molar-refractivity contribution in [3.8, 4) is 0 Å². The highest BCUT2D eigenvalue weighted by molar-refractivity contribution is 5.40. The summed E-state index contributed by atoms with van der Waals surface area (Å²) in [4.78, 5) is 17.5. The quantitative estimate of drug-likeness (QED) is 0.947. The highest BCUT2D eigenvalue weighted by Crippen LogP contribution is 2.39. The number of aryl methyl sites for hydroxylation is 1. The molecule has 4 heterocycles. The van der Waals surface area contributed by atoms with Gasteiger partial charge < -0.3 is 9.88 Å². The Hall–Kier alpha value is -1.88. The number of anilines is 1. The molecule has 2 aromatic heterocycles. The maximum absolute atomic E-state index is 4.69. The lowest BCUT2D eigenvalue weighted by molar-refractivity contribution is 0.0971. The zero-order valence-electron chi connectivity index (χ0n) is 13.8. The van der Waals surface area contributed by atoms with Crippen molar-refractivity contribution < 1.29 is 0 Å². The van der Waals surface area contributed by atoms with Crippen LogP contribution >= 0.6 is 0 Å². The lowest BCUT2D eigenvalue weighted by Crippen LogP contribution is -2.52. The van der Waals surface area contributed by atoms with Crippen molar-refractivity contribution in [3.05, 3.63) is 42.1 Å². The molecule has 5 heteroatoms. The molecule has 1 N–H and O–H groups in total. The first-order chi connectivity index (χ1) is 11.3. The molecule has 4 rings (SSSR count). The second-order valence-electron chi connectivity index (χ2n) is 6.91. The van der Waals surface area contributed by atoms with Crippen LogP contribution in [0.2, 0.25) is 0 Å². The largest absolute Gasteiger partial charge is 0.356 e.